The van der Waals surface area contributed by atoms with Crippen LogP contribution in [0.4, 0.5) is 18.0 Å². The molecule has 4 aromatic rings. The number of alkyl halides is 3. The van der Waals surface area contributed by atoms with Crippen LogP contribution in [0.15, 0.2) is 71.7 Å². The Labute approximate surface area is 235 Å². The molecule has 12 heteroatoms. The van der Waals surface area contributed by atoms with Crippen molar-refractivity contribution in [2.45, 2.75) is 51.6 Å². The average molecular weight is 573 g/mol. The lowest BCUT2D eigenvalue weighted by atomic mass is 9.91. The molecule has 9 nitrogen and oxygen atoms in total. The van der Waals surface area contributed by atoms with Gasteiger partial charge >= 0.3 is 12.3 Å². The number of rotatable bonds is 9. The Balaban J connectivity index is 1.67. The molecule has 1 atom stereocenters. The quantitative estimate of drug-likeness (QED) is 0.236. The van der Waals surface area contributed by atoms with Gasteiger partial charge < -0.3 is 23.9 Å². The number of hydrogen-bond donors (Lipinski definition) is 1. The standard InChI is InChI=1S/C29H31F3N4O5/c1-27(2,3)41-26(37)34-28(4,17-38-5)21-8-6-7-19(13-21)24-14-25(36(35-24)15-22-16-39-18-33-22)40-23-11-9-20(10-12-23)29(30,31)32/h6-14,16,18H,15,17H2,1-5H3,(H,34,37). The third kappa shape index (κ3) is 7.66. The lowest BCUT2D eigenvalue weighted by molar-refractivity contribution is -0.137. The zero-order chi connectivity index (χ0) is 29.8. The van der Waals surface area contributed by atoms with Crippen LogP contribution in [0.25, 0.3) is 11.3 Å². The summed E-state index contributed by atoms with van der Waals surface area (Å²) in [5.74, 6) is 0.480. The molecule has 41 heavy (non-hydrogen) atoms. The number of halogens is 3. The fourth-order valence-electron chi connectivity index (χ4n) is 4.07. The van der Waals surface area contributed by atoms with Crippen molar-refractivity contribution in [2.24, 2.45) is 0 Å². The molecule has 2 aromatic heterocycles. The van der Waals surface area contributed by atoms with Crippen molar-refractivity contribution >= 4 is 6.09 Å². The van der Waals surface area contributed by atoms with E-state index in [-0.39, 0.29) is 24.8 Å². The van der Waals surface area contributed by atoms with E-state index in [1.165, 1.54) is 36.6 Å². The minimum atomic E-state index is -4.46. The summed E-state index contributed by atoms with van der Waals surface area (Å²) in [6.45, 7) is 7.51. The van der Waals surface area contributed by atoms with Gasteiger partial charge in [-0.05, 0) is 63.6 Å². The van der Waals surface area contributed by atoms with Crippen molar-refractivity contribution in [3.8, 4) is 22.9 Å². The number of oxazole rings is 1. The Kier molecular flexibility index (Phi) is 8.43. The Bertz CT molecular complexity index is 1460. The Morgan fingerprint density at radius 1 is 1.02 bits per heavy atom. The normalized spacial score (nSPS) is 13.5. The second-order valence-electron chi connectivity index (χ2n) is 10.6. The molecule has 0 aliphatic rings. The highest BCUT2D eigenvalue weighted by atomic mass is 19.4. The molecule has 1 amide bonds. The number of carbonyl (C=O) groups is 1. The predicted octanol–water partition coefficient (Wildman–Crippen LogP) is 6.78. The van der Waals surface area contributed by atoms with Crippen LogP contribution in [-0.2, 0) is 27.7 Å². The zero-order valence-electron chi connectivity index (χ0n) is 23.3. The lowest BCUT2D eigenvalue weighted by Crippen LogP contribution is -2.48. The van der Waals surface area contributed by atoms with Gasteiger partial charge in [-0.25, -0.2) is 14.5 Å². The summed E-state index contributed by atoms with van der Waals surface area (Å²) < 4.78 is 62.4. The Morgan fingerprint density at radius 2 is 1.76 bits per heavy atom. The van der Waals surface area contributed by atoms with Crippen molar-refractivity contribution in [2.75, 3.05) is 13.7 Å². The van der Waals surface area contributed by atoms with Crippen molar-refractivity contribution < 1.29 is 36.6 Å². The van der Waals surface area contributed by atoms with Gasteiger partial charge in [-0.15, -0.1) is 0 Å². The molecule has 218 valence electrons. The second-order valence-corrected chi connectivity index (χ2v) is 10.6. The topological polar surface area (TPSA) is 101 Å². The summed E-state index contributed by atoms with van der Waals surface area (Å²) in [5, 5.41) is 7.58. The SMILES string of the molecule is COCC(C)(NC(=O)OC(C)(C)C)c1cccc(-c2cc(Oc3ccc(C(F)(F)F)cc3)n(Cc3cocn3)n2)c1. The number of hydrogen-bond acceptors (Lipinski definition) is 7. The molecule has 2 aromatic carbocycles. The molecule has 0 spiro atoms. The fourth-order valence-corrected chi connectivity index (χ4v) is 4.07. The molecule has 1 N–H and O–H groups in total. The molecule has 0 bridgehead atoms. The maximum absolute atomic E-state index is 13.0. The molecule has 0 saturated carbocycles. The molecule has 0 saturated heterocycles. The molecular weight excluding hydrogens is 541 g/mol. The van der Waals surface area contributed by atoms with E-state index in [2.05, 4.69) is 15.4 Å². The third-order valence-electron chi connectivity index (χ3n) is 5.95. The minimum Gasteiger partial charge on any atom is -0.451 e. The number of carbonyl (C=O) groups excluding carboxylic acids is 1. The van der Waals surface area contributed by atoms with Crippen molar-refractivity contribution in [3.63, 3.8) is 0 Å². The maximum Gasteiger partial charge on any atom is 0.416 e. The number of ether oxygens (including phenoxy) is 3. The number of methoxy groups -OCH3 is 1. The summed E-state index contributed by atoms with van der Waals surface area (Å²) in [5.41, 5.74) is 0.133. The van der Waals surface area contributed by atoms with E-state index in [1.54, 1.807) is 26.8 Å². The van der Waals surface area contributed by atoms with Crippen LogP contribution in [0.1, 0.15) is 44.5 Å². The van der Waals surface area contributed by atoms with Gasteiger partial charge in [0.05, 0.1) is 29.9 Å². The summed E-state index contributed by atoms with van der Waals surface area (Å²) >= 11 is 0. The van der Waals surface area contributed by atoms with Crippen molar-refractivity contribution in [1.82, 2.24) is 20.1 Å². The van der Waals surface area contributed by atoms with E-state index in [1.807, 2.05) is 31.2 Å². The first kappa shape index (κ1) is 29.7. The van der Waals surface area contributed by atoms with Crippen LogP contribution in [0.3, 0.4) is 0 Å². The van der Waals surface area contributed by atoms with Gasteiger partial charge in [0.15, 0.2) is 6.39 Å². The smallest absolute Gasteiger partial charge is 0.416 e. The molecule has 2 heterocycles. The number of aromatic nitrogens is 3. The molecular formula is C29H31F3N4O5. The van der Waals surface area contributed by atoms with Crippen molar-refractivity contribution in [3.05, 3.63) is 84.1 Å². The van der Waals surface area contributed by atoms with Gasteiger partial charge in [0.25, 0.3) is 0 Å². The van der Waals surface area contributed by atoms with Gasteiger partial charge in [-0.1, -0.05) is 18.2 Å². The third-order valence-corrected chi connectivity index (χ3v) is 5.95. The molecule has 0 radical (unpaired) electrons. The number of benzene rings is 2. The molecule has 4 rings (SSSR count). The van der Waals surface area contributed by atoms with Crippen LogP contribution in [-0.4, -0.2) is 40.2 Å². The molecule has 1 unspecified atom stereocenters. The number of amides is 1. The van der Waals surface area contributed by atoms with Gasteiger partial charge in [0.1, 0.15) is 23.3 Å². The second kappa shape index (κ2) is 11.7. The first-order chi connectivity index (χ1) is 19.3. The maximum atomic E-state index is 13.0. The first-order valence-electron chi connectivity index (χ1n) is 12.7. The fraction of sp³-hybridized carbons (Fsp3) is 0.345. The summed E-state index contributed by atoms with van der Waals surface area (Å²) in [6, 6.07) is 13.4. The van der Waals surface area contributed by atoms with E-state index in [4.69, 9.17) is 18.6 Å². The van der Waals surface area contributed by atoms with Crippen LogP contribution in [0, 0.1) is 0 Å². The van der Waals surface area contributed by atoms with Crippen LogP contribution < -0.4 is 10.1 Å². The van der Waals surface area contributed by atoms with E-state index < -0.39 is 29.0 Å². The largest absolute Gasteiger partial charge is 0.451 e. The first-order valence-corrected chi connectivity index (χ1v) is 12.7. The van der Waals surface area contributed by atoms with Crippen LogP contribution in [0.2, 0.25) is 0 Å². The predicted molar refractivity (Wildman–Crippen MR) is 143 cm³/mol. The van der Waals surface area contributed by atoms with Crippen LogP contribution >= 0.6 is 0 Å². The Morgan fingerprint density at radius 3 is 2.37 bits per heavy atom. The highest BCUT2D eigenvalue weighted by molar-refractivity contribution is 5.70. The van der Waals surface area contributed by atoms with E-state index >= 15 is 0 Å². The summed E-state index contributed by atoms with van der Waals surface area (Å²) in [6.07, 6.45) is -2.30. The zero-order valence-corrected chi connectivity index (χ0v) is 23.3. The summed E-state index contributed by atoms with van der Waals surface area (Å²) in [4.78, 5) is 16.8. The highest BCUT2D eigenvalue weighted by Crippen LogP contribution is 2.33. The van der Waals surface area contributed by atoms with Gasteiger partial charge in [0.2, 0.25) is 5.88 Å². The monoisotopic (exact) mass is 572 g/mol. The van der Waals surface area contributed by atoms with Crippen molar-refractivity contribution in [1.29, 1.82) is 0 Å². The summed E-state index contributed by atoms with van der Waals surface area (Å²) in [7, 11) is 1.54. The molecule has 0 aliphatic heterocycles. The van der Waals surface area contributed by atoms with E-state index in [0.717, 1.165) is 17.7 Å². The number of alkyl carbamates (subject to hydrolysis) is 1. The van der Waals surface area contributed by atoms with Crippen LogP contribution in [0.5, 0.6) is 11.6 Å². The lowest BCUT2D eigenvalue weighted by Gasteiger charge is -2.32. The van der Waals surface area contributed by atoms with E-state index in [9.17, 15) is 18.0 Å². The molecule has 0 fully saturated rings. The van der Waals surface area contributed by atoms with Gasteiger partial charge in [-0.3, -0.25) is 0 Å². The number of nitrogens with zero attached hydrogens (tertiary/aromatic N) is 3. The highest BCUT2D eigenvalue weighted by Gasteiger charge is 2.32. The van der Waals surface area contributed by atoms with E-state index in [0.29, 0.717) is 17.0 Å². The van der Waals surface area contributed by atoms with Gasteiger partial charge in [-0.2, -0.15) is 18.3 Å². The molecule has 0 aliphatic carbocycles. The number of nitrogens with one attached hydrogen (secondary N) is 1. The Hall–Kier alpha value is -4.32. The van der Waals surface area contributed by atoms with Gasteiger partial charge in [0, 0.05) is 18.7 Å². The average Bonchev–Trinajstić information content (AvgIpc) is 3.53. The minimum absolute atomic E-state index is 0.165.